The third kappa shape index (κ3) is 2.25. The molecule has 0 saturated carbocycles. The molecule has 2 aromatic rings. The SMILES string of the molecule is C#Cc1cc(F)c(F)cc1-c1cnn(CCC)c1. The summed E-state index contributed by atoms with van der Waals surface area (Å²) >= 11 is 0. The molecule has 0 aliphatic rings. The van der Waals surface area contributed by atoms with Gasteiger partial charge in [0.15, 0.2) is 11.6 Å². The van der Waals surface area contributed by atoms with Crippen molar-refractivity contribution in [1.82, 2.24) is 9.78 Å². The van der Waals surface area contributed by atoms with E-state index in [0.29, 0.717) is 16.7 Å². The van der Waals surface area contributed by atoms with Crippen LogP contribution in [0.1, 0.15) is 18.9 Å². The Bertz CT molecular complexity index is 609. The summed E-state index contributed by atoms with van der Waals surface area (Å²) in [5.74, 6) is 0.512. The van der Waals surface area contributed by atoms with Crippen LogP contribution in [0.3, 0.4) is 0 Å². The Balaban J connectivity index is 2.49. The number of terminal acetylenes is 1. The monoisotopic (exact) mass is 246 g/mol. The predicted molar refractivity (Wildman–Crippen MR) is 65.8 cm³/mol. The number of halogens is 2. The van der Waals surface area contributed by atoms with Crippen molar-refractivity contribution < 1.29 is 8.78 Å². The maximum absolute atomic E-state index is 13.3. The van der Waals surface area contributed by atoms with Crippen molar-refractivity contribution in [2.75, 3.05) is 0 Å². The lowest BCUT2D eigenvalue weighted by Crippen LogP contribution is -1.95. The van der Waals surface area contributed by atoms with Crippen molar-refractivity contribution >= 4 is 0 Å². The van der Waals surface area contributed by atoms with Gasteiger partial charge in [-0.2, -0.15) is 5.10 Å². The van der Waals surface area contributed by atoms with Gasteiger partial charge in [0.1, 0.15) is 0 Å². The number of benzene rings is 1. The molecule has 2 nitrogen and oxygen atoms in total. The minimum atomic E-state index is -0.937. The van der Waals surface area contributed by atoms with Crippen LogP contribution in [0.4, 0.5) is 8.78 Å². The fraction of sp³-hybridized carbons (Fsp3) is 0.214. The van der Waals surface area contributed by atoms with Crippen LogP contribution < -0.4 is 0 Å². The standard InChI is InChI=1S/C14H12F2N2/c1-3-5-18-9-11(8-17-18)12-7-14(16)13(15)6-10(12)4-2/h2,6-9H,3,5H2,1H3. The average molecular weight is 246 g/mol. The summed E-state index contributed by atoms with van der Waals surface area (Å²) in [7, 11) is 0. The Morgan fingerprint density at radius 3 is 2.72 bits per heavy atom. The Hall–Kier alpha value is -2.15. The number of nitrogens with zero attached hydrogens (tertiary/aromatic N) is 2. The van der Waals surface area contributed by atoms with Crippen LogP contribution in [0, 0.1) is 24.0 Å². The normalized spacial score (nSPS) is 10.3. The Labute approximate surface area is 104 Å². The smallest absolute Gasteiger partial charge is 0.160 e. The lowest BCUT2D eigenvalue weighted by molar-refractivity contribution is 0.509. The molecule has 0 spiro atoms. The van der Waals surface area contributed by atoms with Crippen LogP contribution in [-0.2, 0) is 6.54 Å². The molecular weight excluding hydrogens is 234 g/mol. The van der Waals surface area contributed by atoms with Gasteiger partial charge >= 0.3 is 0 Å². The third-order valence-corrected chi connectivity index (χ3v) is 2.61. The molecule has 1 aromatic carbocycles. The summed E-state index contributed by atoms with van der Waals surface area (Å²) in [5.41, 5.74) is 1.50. The van der Waals surface area contributed by atoms with Crippen LogP contribution in [0.5, 0.6) is 0 Å². The van der Waals surface area contributed by atoms with Gasteiger partial charge in [0.05, 0.1) is 6.20 Å². The van der Waals surface area contributed by atoms with Crippen molar-refractivity contribution in [3.63, 3.8) is 0 Å². The van der Waals surface area contributed by atoms with Gasteiger partial charge in [0.2, 0.25) is 0 Å². The average Bonchev–Trinajstić information content (AvgIpc) is 2.81. The first-order valence-electron chi connectivity index (χ1n) is 5.64. The molecule has 0 saturated heterocycles. The summed E-state index contributed by atoms with van der Waals surface area (Å²) < 4.78 is 28.1. The lowest BCUT2D eigenvalue weighted by Gasteiger charge is -2.03. The van der Waals surface area contributed by atoms with Gasteiger partial charge in [-0.25, -0.2) is 8.78 Å². The predicted octanol–water partition coefficient (Wildman–Crippen LogP) is 3.22. The second kappa shape index (κ2) is 5.01. The number of rotatable bonds is 3. The van der Waals surface area contributed by atoms with E-state index >= 15 is 0 Å². The molecule has 0 fully saturated rings. The van der Waals surface area contributed by atoms with E-state index in [4.69, 9.17) is 6.42 Å². The van der Waals surface area contributed by atoms with Crippen molar-refractivity contribution in [3.05, 3.63) is 41.7 Å². The first-order valence-corrected chi connectivity index (χ1v) is 5.64. The van der Waals surface area contributed by atoms with E-state index in [9.17, 15) is 8.78 Å². The first-order chi connectivity index (χ1) is 8.65. The molecule has 0 amide bonds. The number of hydrogen-bond donors (Lipinski definition) is 0. The second-order valence-corrected chi connectivity index (χ2v) is 3.95. The molecule has 4 heteroatoms. The van der Waals surface area contributed by atoms with Crippen molar-refractivity contribution in [3.8, 4) is 23.5 Å². The number of aromatic nitrogens is 2. The van der Waals surface area contributed by atoms with Gasteiger partial charge < -0.3 is 0 Å². The molecule has 18 heavy (non-hydrogen) atoms. The molecule has 0 aliphatic carbocycles. The van der Waals surface area contributed by atoms with Crippen molar-refractivity contribution in [2.24, 2.45) is 0 Å². The fourth-order valence-corrected chi connectivity index (χ4v) is 1.76. The Morgan fingerprint density at radius 1 is 1.33 bits per heavy atom. The van der Waals surface area contributed by atoms with Gasteiger partial charge in [-0.3, -0.25) is 4.68 Å². The highest BCUT2D eigenvalue weighted by molar-refractivity contribution is 5.70. The van der Waals surface area contributed by atoms with E-state index in [1.807, 2.05) is 6.92 Å². The quantitative estimate of drug-likeness (QED) is 0.760. The molecule has 0 N–H and O–H groups in total. The van der Waals surface area contributed by atoms with E-state index in [0.717, 1.165) is 25.1 Å². The second-order valence-electron chi connectivity index (χ2n) is 3.95. The van der Waals surface area contributed by atoms with Gasteiger partial charge in [-0.15, -0.1) is 6.42 Å². The molecule has 92 valence electrons. The molecule has 1 heterocycles. The molecule has 1 aromatic heterocycles. The third-order valence-electron chi connectivity index (χ3n) is 2.61. The van der Waals surface area contributed by atoms with Gasteiger partial charge in [0.25, 0.3) is 0 Å². The zero-order chi connectivity index (χ0) is 13.1. The van der Waals surface area contributed by atoms with Gasteiger partial charge in [-0.1, -0.05) is 12.8 Å². The largest absolute Gasteiger partial charge is 0.272 e. The van der Waals surface area contributed by atoms with Crippen LogP contribution in [0.2, 0.25) is 0 Å². The van der Waals surface area contributed by atoms with E-state index in [-0.39, 0.29) is 0 Å². The zero-order valence-corrected chi connectivity index (χ0v) is 9.95. The van der Waals surface area contributed by atoms with E-state index in [1.54, 1.807) is 17.1 Å². The first kappa shape index (κ1) is 12.3. The maximum Gasteiger partial charge on any atom is 0.160 e. The van der Waals surface area contributed by atoms with Crippen LogP contribution in [0.15, 0.2) is 24.5 Å². The Kier molecular flexibility index (Phi) is 3.42. The van der Waals surface area contributed by atoms with E-state index in [1.165, 1.54) is 0 Å². The Morgan fingerprint density at radius 2 is 2.06 bits per heavy atom. The fourth-order valence-electron chi connectivity index (χ4n) is 1.76. The summed E-state index contributed by atoms with van der Waals surface area (Å²) in [5, 5.41) is 4.14. The minimum absolute atomic E-state index is 0.324. The molecule has 0 atom stereocenters. The van der Waals surface area contributed by atoms with E-state index in [2.05, 4.69) is 11.0 Å². The van der Waals surface area contributed by atoms with Crippen LogP contribution in [0.25, 0.3) is 11.1 Å². The summed E-state index contributed by atoms with van der Waals surface area (Å²) in [6.07, 6.45) is 9.63. The molecule has 0 unspecified atom stereocenters. The van der Waals surface area contributed by atoms with Gasteiger partial charge in [-0.05, 0) is 18.6 Å². The topological polar surface area (TPSA) is 17.8 Å². The highest BCUT2D eigenvalue weighted by Gasteiger charge is 2.11. The van der Waals surface area contributed by atoms with Gasteiger partial charge in [0, 0.05) is 29.4 Å². The number of hydrogen-bond acceptors (Lipinski definition) is 1. The van der Waals surface area contributed by atoms with Crippen LogP contribution >= 0.6 is 0 Å². The summed E-state index contributed by atoms with van der Waals surface area (Å²) in [6, 6.07) is 2.14. The van der Waals surface area contributed by atoms with Crippen LogP contribution in [-0.4, -0.2) is 9.78 Å². The molecular formula is C14H12F2N2. The molecule has 0 radical (unpaired) electrons. The maximum atomic E-state index is 13.3. The highest BCUT2D eigenvalue weighted by Crippen LogP contribution is 2.25. The molecule has 2 rings (SSSR count). The van der Waals surface area contributed by atoms with Crippen molar-refractivity contribution in [2.45, 2.75) is 19.9 Å². The molecule has 0 bridgehead atoms. The van der Waals surface area contributed by atoms with E-state index < -0.39 is 11.6 Å². The highest BCUT2D eigenvalue weighted by atomic mass is 19.2. The lowest BCUT2D eigenvalue weighted by atomic mass is 10.0. The van der Waals surface area contributed by atoms with Crippen molar-refractivity contribution in [1.29, 1.82) is 0 Å². The minimum Gasteiger partial charge on any atom is -0.272 e. The number of aryl methyl sites for hydroxylation is 1. The zero-order valence-electron chi connectivity index (χ0n) is 9.95. The summed E-state index contributed by atoms with van der Waals surface area (Å²) in [6.45, 7) is 2.81. The summed E-state index contributed by atoms with van der Waals surface area (Å²) in [4.78, 5) is 0. The molecule has 0 aliphatic heterocycles.